The molecule has 1 rings (SSSR count). The molecule has 0 aliphatic rings. The molecule has 0 aromatic carbocycles. The molecule has 5 nitrogen and oxygen atoms in total. The van der Waals surface area contributed by atoms with Gasteiger partial charge in [0, 0.05) is 6.20 Å². The molecule has 0 bridgehead atoms. The van der Waals surface area contributed by atoms with Gasteiger partial charge in [0.1, 0.15) is 5.54 Å². The van der Waals surface area contributed by atoms with Crippen molar-refractivity contribution in [2.45, 2.75) is 52.1 Å². The maximum atomic E-state index is 12.2. The van der Waals surface area contributed by atoms with E-state index < -0.39 is 5.54 Å². The highest BCUT2D eigenvalue weighted by Gasteiger charge is 2.36. The molecule has 6 heteroatoms. The third-order valence-corrected chi connectivity index (χ3v) is 3.77. The van der Waals surface area contributed by atoms with E-state index in [1.54, 1.807) is 0 Å². The van der Waals surface area contributed by atoms with Gasteiger partial charge in [0.15, 0.2) is 0 Å². The lowest BCUT2D eigenvalue weighted by Gasteiger charge is -2.31. The van der Waals surface area contributed by atoms with Crippen molar-refractivity contribution < 1.29 is 9.53 Å². The van der Waals surface area contributed by atoms with Crippen LogP contribution in [0, 0.1) is 3.57 Å². The van der Waals surface area contributed by atoms with Crippen LogP contribution in [0.15, 0.2) is 12.4 Å². The Bertz CT molecular complexity index is 436. The van der Waals surface area contributed by atoms with Crippen LogP contribution >= 0.6 is 22.6 Å². The van der Waals surface area contributed by atoms with Gasteiger partial charge in [0.2, 0.25) is 0 Å². The predicted molar refractivity (Wildman–Crippen MR) is 87.6 cm³/mol. The van der Waals surface area contributed by atoms with E-state index in [1.165, 1.54) is 0 Å². The Labute approximate surface area is 134 Å². The highest BCUT2D eigenvalue weighted by molar-refractivity contribution is 14.1. The first-order chi connectivity index (χ1) is 9.42. The molecule has 0 radical (unpaired) electrons. The number of nitrogens with zero attached hydrogens (tertiary/aromatic N) is 2. The minimum atomic E-state index is -0.678. The molecule has 0 spiro atoms. The average Bonchev–Trinajstić information content (AvgIpc) is 2.83. The molecule has 0 aliphatic carbocycles. The largest absolute Gasteiger partial charge is 0.465 e. The van der Waals surface area contributed by atoms with Crippen LogP contribution in [0.3, 0.4) is 0 Å². The van der Waals surface area contributed by atoms with Crippen LogP contribution in [0.2, 0.25) is 0 Å². The summed E-state index contributed by atoms with van der Waals surface area (Å²) < 4.78 is 8.20. The van der Waals surface area contributed by atoms with E-state index >= 15 is 0 Å². The number of ether oxygens (including phenoxy) is 1. The monoisotopic (exact) mass is 393 g/mol. The van der Waals surface area contributed by atoms with Gasteiger partial charge < -0.3 is 10.1 Å². The van der Waals surface area contributed by atoms with Crippen molar-refractivity contribution in [1.82, 2.24) is 15.1 Å². The summed E-state index contributed by atoms with van der Waals surface area (Å²) in [6, 6.07) is 0.122. The Morgan fingerprint density at radius 2 is 2.30 bits per heavy atom. The van der Waals surface area contributed by atoms with Gasteiger partial charge in [0.25, 0.3) is 0 Å². The molecule has 20 heavy (non-hydrogen) atoms. The number of nitrogens with one attached hydrogen (secondary N) is 1. The molecule has 1 aromatic heterocycles. The van der Waals surface area contributed by atoms with E-state index in [4.69, 9.17) is 4.74 Å². The van der Waals surface area contributed by atoms with Crippen molar-refractivity contribution in [1.29, 1.82) is 0 Å². The first kappa shape index (κ1) is 17.4. The van der Waals surface area contributed by atoms with Crippen LogP contribution in [-0.4, -0.2) is 34.4 Å². The van der Waals surface area contributed by atoms with Crippen molar-refractivity contribution in [2.24, 2.45) is 0 Å². The number of halogens is 1. The van der Waals surface area contributed by atoms with Crippen molar-refractivity contribution >= 4 is 28.6 Å². The van der Waals surface area contributed by atoms with Gasteiger partial charge in [0.05, 0.1) is 22.4 Å². The number of rotatable bonds is 8. The quantitative estimate of drug-likeness (QED) is 0.545. The zero-order valence-corrected chi connectivity index (χ0v) is 14.8. The zero-order valence-electron chi connectivity index (χ0n) is 12.6. The standard InChI is InChI=1S/C14H24IN3O2/c1-5-7-16-14(4,13(19)20-6-2)8-11(3)18-10-12(15)9-17-18/h9-11,16H,5-8H2,1-4H3. The molecular weight excluding hydrogens is 369 g/mol. The summed E-state index contributed by atoms with van der Waals surface area (Å²) in [5.74, 6) is -0.192. The van der Waals surface area contributed by atoms with E-state index in [0.717, 1.165) is 16.5 Å². The van der Waals surface area contributed by atoms with E-state index in [1.807, 2.05) is 30.9 Å². The molecule has 2 unspecified atom stereocenters. The van der Waals surface area contributed by atoms with Crippen LogP contribution < -0.4 is 5.32 Å². The second-order valence-corrected chi connectivity index (χ2v) is 6.42. The van der Waals surface area contributed by atoms with Crippen molar-refractivity contribution in [2.75, 3.05) is 13.2 Å². The van der Waals surface area contributed by atoms with Crippen LogP contribution in [-0.2, 0) is 9.53 Å². The molecule has 1 N–H and O–H groups in total. The van der Waals surface area contributed by atoms with Crippen LogP contribution in [0.5, 0.6) is 0 Å². The zero-order chi connectivity index (χ0) is 15.2. The Balaban J connectivity index is 2.80. The fourth-order valence-corrected chi connectivity index (χ4v) is 2.57. The fraction of sp³-hybridized carbons (Fsp3) is 0.714. The first-order valence-corrected chi connectivity index (χ1v) is 8.12. The number of carbonyl (C=O) groups excluding carboxylic acids is 1. The van der Waals surface area contributed by atoms with Gasteiger partial charge >= 0.3 is 5.97 Å². The minimum Gasteiger partial charge on any atom is -0.465 e. The first-order valence-electron chi connectivity index (χ1n) is 7.04. The summed E-state index contributed by atoms with van der Waals surface area (Å²) >= 11 is 2.23. The molecule has 1 aromatic rings. The SMILES string of the molecule is CCCNC(C)(CC(C)n1cc(I)cn1)C(=O)OCC. The molecule has 2 atom stereocenters. The van der Waals surface area contributed by atoms with E-state index in [2.05, 4.69) is 46.9 Å². The predicted octanol–water partition coefficient (Wildman–Crippen LogP) is 2.76. The third kappa shape index (κ3) is 4.73. The number of carbonyl (C=O) groups is 1. The highest BCUT2D eigenvalue weighted by Crippen LogP contribution is 2.22. The topological polar surface area (TPSA) is 56.2 Å². The van der Waals surface area contributed by atoms with E-state index in [9.17, 15) is 4.79 Å². The summed E-state index contributed by atoms with van der Waals surface area (Å²) in [6.07, 6.45) is 5.42. The molecule has 0 amide bonds. The summed E-state index contributed by atoms with van der Waals surface area (Å²) in [5.41, 5.74) is -0.678. The smallest absolute Gasteiger partial charge is 0.326 e. The summed E-state index contributed by atoms with van der Waals surface area (Å²) in [6.45, 7) is 9.07. The van der Waals surface area contributed by atoms with Gasteiger partial charge in [-0.1, -0.05) is 6.92 Å². The molecule has 114 valence electrons. The molecule has 0 fully saturated rings. The molecule has 0 saturated carbocycles. The van der Waals surface area contributed by atoms with Crippen molar-refractivity contribution in [3.8, 4) is 0 Å². The Morgan fingerprint density at radius 3 is 2.80 bits per heavy atom. The summed E-state index contributed by atoms with van der Waals surface area (Å²) in [7, 11) is 0. The van der Waals surface area contributed by atoms with Gasteiger partial charge in [-0.3, -0.25) is 9.48 Å². The van der Waals surface area contributed by atoms with Gasteiger partial charge in [-0.05, 0) is 62.7 Å². The van der Waals surface area contributed by atoms with Crippen LogP contribution in [0.4, 0.5) is 0 Å². The van der Waals surface area contributed by atoms with Gasteiger partial charge in [-0.2, -0.15) is 5.10 Å². The van der Waals surface area contributed by atoms with Crippen molar-refractivity contribution in [3.05, 3.63) is 16.0 Å². The lowest BCUT2D eigenvalue weighted by molar-refractivity contribution is -0.151. The average molecular weight is 393 g/mol. The van der Waals surface area contributed by atoms with E-state index in [-0.39, 0.29) is 12.0 Å². The number of esters is 1. The van der Waals surface area contributed by atoms with Crippen molar-refractivity contribution in [3.63, 3.8) is 0 Å². The Kier molecular flexibility index (Phi) is 6.94. The highest BCUT2D eigenvalue weighted by atomic mass is 127. The lowest BCUT2D eigenvalue weighted by atomic mass is 9.93. The maximum Gasteiger partial charge on any atom is 0.326 e. The molecule has 1 heterocycles. The second-order valence-electron chi connectivity index (χ2n) is 5.17. The second kappa shape index (κ2) is 7.97. The summed E-state index contributed by atoms with van der Waals surface area (Å²) in [4.78, 5) is 12.2. The third-order valence-electron chi connectivity index (χ3n) is 3.22. The number of hydrogen-bond donors (Lipinski definition) is 1. The number of aromatic nitrogens is 2. The normalized spacial score (nSPS) is 15.7. The summed E-state index contributed by atoms with van der Waals surface area (Å²) in [5, 5.41) is 7.64. The van der Waals surface area contributed by atoms with Gasteiger partial charge in [-0.15, -0.1) is 0 Å². The van der Waals surface area contributed by atoms with Crippen LogP contribution in [0.25, 0.3) is 0 Å². The molecule has 0 saturated heterocycles. The number of hydrogen-bond acceptors (Lipinski definition) is 4. The Morgan fingerprint density at radius 1 is 1.60 bits per heavy atom. The Hall–Kier alpha value is -0.630. The molecule has 0 aliphatic heterocycles. The van der Waals surface area contributed by atoms with Crippen LogP contribution in [0.1, 0.15) is 46.6 Å². The lowest BCUT2D eigenvalue weighted by Crippen LogP contribution is -2.52. The van der Waals surface area contributed by atoms with E-state index in [0.29, 0.717) is 13.0 Å². The molecular formula is C14H24IN3O2. The minimum absolute atomic E-state index is 0.122. The maximum absolute atomic E-state index is 12.2. The van der Waals surface area contributed by atoms with Gasteiger partial charge in [-0.25, -0.2) is 0 Å². The fourth-order valence-electron chi connectivity index (χ4n) is 2.16.